The number of rotatable bonds is 6. The Balaban J connectivity index is 1.60. The Morgan fingerprint density at radius 1 is 1.46 bits per heavy atom. The highest BCUT2D eigenvalue weighted by Gasteiger charge is 2.29. The van der Waals surface area contributed by atoms with Crippen molar-refractivity contribution in [1.82, 2.24) is 15.6 Å². The number of furan rings is 1. The molecule has 7 nitrogen and oxygen atoms in total. The van der Waals surface area contributed by atoms with Gasteiger partial charge in [-0.25, -0.2) is 4.98 Å². The lowest BCUT2D eigenvalue weighted by atomic mass is 9.88. The number of amides is 2. The second-order valence-electron chi connectivity index (χ2n) is 5.91. The number of thiazole rings is 1. The van der Waals surface area contributed by atoms with Crippen LogP contribution in [0, 0.1) is 11.8 Å². The monoisotopic (exact) mass is 348 g/mol. The molecular formula is C16H20N4O3S. The Morgan fingerprint density at radius 2 is 2.25 bits per heavy atom. The number of carbonyl (C=O) groups is 2. The van der Waals surface area contributed by atoms with Gasteiger partial charge < -0.3 is 20.4 Å². The van der Waals surface area contributed by atoms with Gasteiger partial charge in [0.15, 0.2) is 10.9 Å². The summed E-state index contributed by atoms with van der Waals surface area (Å²) >= 11 is 1.37. The van der Waals surface area contributed by atoms with Crippen LogP contribution in [-0.2, 0) is 16.1 Å². The highest BCUT2D eigenvalue weighted by atomic mass is 32.1. The molecule has 0 bridgehead atoms. The van der Waals surface area contributed by atoms with Gasteiger partial charge in [-0.2, -0.15) is 0 Å². The van der Waals surface area contributed by atoms with E-state index in [2.05, 4.69) is 20.9 Å². The van der Waals surface area contributed by atoms with Crippen molar-refractivity contribution in [3.8, 4) is 11.5 Å². The summed E-state index contributed by atoms with van der Waals surface area (Å²) in [5, 5.41) is 11.1. The molecule has 3 N–H and O–H groups in total. The topological polar surface area (TPSA) is 96.3 Å². The fraction of sp³-hybridized carbons (Fsp3) is 0.438. The van der Waals surface area contributed by atoms with E-state index in [-0.39, 0.29) is 17.7 Å². The minimum absolute atomic E-state index is 0.00630. The molecule has 1 unspecified atom stereocenters. The van der Waals surface area contributed by atoms with Gasteiger partial charge in [0.1, 0.15) is 11.5 Å². The quantitative estimate of drug-likeness (QED) is 0.740. The third-order valence-electron chi connectivity index (χ3n) is 4.09. The van der Waals surface area contributed by atoms with E-state index in [1.54, 1.807) is 12.1 Å². The molecule has 1 atom stereocenters. The molecule has 0 spiro atoms. The minimum atomic E-state index is -0.109. The molecule has 0 radical (unpaired) electrons. The number of nitrogens with zero attached hydrogens (tertiary/aromatic N) is 1. The fourth-order valence-electron chi connectivity index (χ4n) is 2.36. The van der Waals surface area contributed by atoms with E-state index in [9.17, 15) is 9.59 Å². The summed E-state index contributed by atoms with van der Waals surface area (Å²) in [5.74, 6) is 1.51. The molecule has 2 aromatic rings. The number of nitrogens with one attached hydrogen (secondary N) is 3. The zero-order valence-corrected chi connectivity index (χ0v) is 14.4. The maximum atomic E-state index is 12.2. The molecule has 24 heavy (non-hydrogen) atoms. The summed E-state index contributed by atoms with van der Waals surface area (Å²) in [5.41, 5.74) is 0.669. The Bertz CT molecular complexity index is 735. The highest BCUT2D eigenvalue weighted by Crippen LogP contribution is 2.27. The molecule has 0 aromatic carbocycles. The Labute approximate surface area is 143 Å². The SMILES string of the molecule is CC(=O)NCc1ccc(-c2csc(NC(=O)C(C)C3CNC3)n2)o1. The molecule has 3 heterocycles. The first kappa shape index (κ1) is 16.7. The van der Waals surface area contributed by atoms with Gasteiger partial charge in [-0.15, -0.1) is 11.3 Å². The van der Waals surface area contributed by atoms with Crippen LogP contribution in [0.4, 0.5) is 5.13 Å². The maximum Gasteiger partial charge on any atom is 0.229 e. The lowest BCUT2D eigenvalue weighted by molar-refractivity contribution is -0.121. The van der Waals surface area contributed by atoms with Gasteiger partial charge >= 0.3 is 0 Å². The van der Waals surface area contributed by atoms with Crippen LogP contribution < -0.4 is 16.0 Å². The van der Waals surface area contributed by atoms with E-state index in [0.29, 0.717) is 34.8 Å². The molecule has 2 aromatic heterocycles. The first-order valence-corrected chi connectivity index (χ1v) is 8.71. The second-order valence-corrected chi connectivity index (χ2v) is 6.77. The molecule has 128 valence electrons. The summed E-state index contributed by atoms with van der Waals surface area (Å²) in [6, 6.07) is 3.61. The average molecular weight is 348 g/mol. The molecular weight excluding hydrogens is 328 g/mol. The zero-order chi connectivity index (χ0) is 17.1. The van der Waals surface area contributed by atoms with Crippen LogP contribution in [0.5, 0.6) is 0 Å². The number of aromatic nitrogens is 1. The van der Waals surface area contributed by atoms with Crippen LogP contribution in [0.2, 0.25) is 0 Å². The van der Waals surface area contributed by atoms with Crippen LogP contribution in [0.1, 0.15) is 19.6 Å². The molecule has 1 aliphatic rings. The average Bonchev–Trinajstić information content (AvgIpc) is 3.11. The van der Waals surface area contributed by atoms with Crippen molar-refractivity contribution in [2.45, 2.75) is 20.4 Å². The van der Waals surface area contributed by atoms with Crippen LogP contribution in [0.15, 0.2) is 21.9 Å². The van der Waals surface area contributed by atoms with Gasteiger partial charge in [0, 0.05) is 18.2 Å². The molecule has 1 saturated heterocycles. The van der Waals surface area contributed by atoms with E-state index >= 15 is 0 Å². The summed E-state index contributed by atoms with van der Waals surface area (Å²) in [6.45, 7) is 5.52. The third-order valence-corrected chi connectivity index (χ3v) is 4.85. The van der Waals surface area contributed by atoms with Gasteiger partial charge in [-0.05, 0) is 31.1 Å². The zero-order valence-electron chi connectivity index (χ0n) is 13.6. The van der Waals surface area contributed by atoms with Gasteiger partial charge in [0.2, 0.25) is 11.8 Å². The van der Waals surface area contributed by atoms with E-state index in [1.807, 2.05) is 12.3 Å². The number of carbonyl (C=O) groups excluding carboxylic acids is 2. The Morgan fingerprint density at radius 3 is 2.92 bits per heavy atom. The second kappa shape index (κ2) is 7.14. The van der Waals surface area contributed by atoms with E-state index < -0.39 is 0 Å². The predicted molar refractivity (Wildman–Crippen MR) is 91.5 cm³/mol. The third kappa shape index (κ3) is 3.82. The summed E-state index contributed by atoms with van der Waals surface area (Å²) < 4.78 is 5.66. The number of hydrogen-bond acceptors (Lipinski definition) is 6. The maximum absolute atomic E-state index is 12.2. The van der Waals surface area contributed by atoms with Crippen molar-refractivity contribution >= 4 is 28.3 Å². The van der Waals surface area contributed by atoms with Crippen LogP contribution in [0.25, 0.3) is 11.5 Å². The van der Waals surface area contributed by atoms with Gasteiger partial charge in [0.25, 0.3) is 0 Å². The van der Waals surface area contributed by atoms with E-state index in [0.717, 1.165) is 13.1 Å². The lowest BCUT2D eigenvalue weighted by Gasteiger charge is -2.31. The Hall–Kier alpha value is -2.19. The first-order valence-electron chi connectivity index (χ1n) is 7.83. The van der Waals surface area contributed by atoms with Crippen LogP contribution in [0.3, 0.4) is 0 Å². The number of anilines is 1. The van der Waals surface area contributed by atoms with Crippen molar-refractivity contribution in [3.05, 3.63) is 23.3 Å². The van der Waals surface area contributed by atoms with Gasteiger partial charge in [0.05, 0.1) is 6.54 Å². The number of hydrogen-bond donors (Lipinski definition) is 3. The Kier molecular flexibility index (Phi) is 4.96. The summed E-state index contributed by atoms with van der Waals surface area (Å²) in [7, 11) is 0. The highest BCUT2D eigenvalue weighted by molar-refractivity contribution is 7.14. The van der Waals surface area contributed by atoms with Gasteiger partial charge in [-0.3, -0.25) is 9.59 Å². The van der Waals surface area contributed by atoms with Crippen LogP contribution in [-0.4, -0.2) is 29.9 Å². The van der Waals surface area contributed by atoms with Crippen molar-refractivity contribution in [2.24, 2.45) is 11.8 Å². The largest absolute Gasteiger partial charge is 0.458 e. The standard InChI is InChI=1S/C16H20N4O3S/c1-9(11-5-17-6-11)15(22)20-16-19-13(8-24-16)14-4-3-12(23-14)7-18-10(2)21/h3-4,8-9,11,17H,5-7H2,1-2H3,(H,18,21)(H,19,20,22). The minimum Gasteiger partial charge on any atom is -0.458 e. The van der Waals surface area contributed by atoms with Crippen LogP contribution >= 0.6 is 11.3 Å². The molecule has 8 heteroatoms. The summed E-state index contributed by atoms with van der Waals surface area (Å²) in [6.07, 6.45) is 0. The van der Waals surface area contributed by atoms with Crippen molar-refractivity contribution < 1.29 is 14.0 Å². The molecule has 1 aliphatic heterocycles. The van der Waals surface area contributed by atoms with Crippen molar-refractivity contribution in [1.29, 1.82) is 0 Å². The molecule has 3 rings (SSSR count). The van der Waals surface area contributed by atoms with E-state index in [1.165, 1.54) is 18.3 Å². The summed E-state index contributed by atoms with van der Waals surface area (Å²) in [4.78, 5) is 27.5. The van der Waals surface area contributed by atoms with Gasteiger partial charge in [-0.1, -0.05) is 6.92 Å². The molecule has 2 amide bonds. The first-order chi connectivity index (χ1) is 11.5. The smallest absolute Gasteiger partial charge is 0.229 e. The van der Waals surface area contributed by atoms with Crippen molar-refractivity contribution in [3.63, 3.8) is 0 Å². The molecule has 0 saturated carbocycles. The van der Waals surface area contributed by atoms with E-state index in [4.69, 9.17) is 4.42 Å². The fourth-order valence-corrected chi connectivity index (χ4v) is 3.07. The lowest BCUT2D eigenvalue weighted by Crippen LogP contribution is -2.48. The molecule has 1 fully saturated rings. The predicted octanol–water partition coefficient (Wildman–Crippen LogP) is 1.83. The molecule has 0 aliphatic carbocycles. The van der Waals surface area contributed by atoms with Crippen molar-refractivity contribution in [2.75, 3.05) is 18.4 Å². The normalized spacial score (nSPS) is 15.6.